The van der Waals surface area contributed by atoms with Gasteiger partial charge in [-0.3, -0.25) is 10.1 Å². The van der Waals surface area contributed by atoms with Crippen molar-refractivity contribution in [3.8, 4) is 22.8 Å². The quantitative estimate of drug-likeness (QED) is 0.542. The number of carbonyl (C=O) groups excluding carboxylic acids is 2. The molecule has 0 saturated heterocycles. The number of rotatable bonds is 6. The summed E-state index contributed by atoms with van der Waals surface area (Å²) in [5.74, 6) is -0.784. The van der Waals surface area contributed by atoms with E-state index in [4.69, 9.17) is 41.9 Å². The molecule has 156 valence electrons. The second-order valence-corrected chi connectivity index (χ2v) is 6.69. The summed E-state index contributed by atoms with van der Waals surface area (Å²) >= 11 is 12.5. The minimum Gasteiger partial charge on any atom is -0.497 e. The van der Waals surface area contributed by atoms with Crippen LogP contribution in [0.15, 0.2) is 40.9 Å². The first kappa shape index (κ1) is 21.5. The van der Waals surface area contributed by atoms with Gasteiger partial charge in [0.2, 0.25) is 5.88 Å². The van der Waals surface area contributed by atoms with Crippen LogP contribution in [0.1, 0.15) is 20.7 Å². The molecule has 0 aliphatic rings. The number of nitrogens with one attached hydrogen (secondary N) is 1. The fraction of sp³-hybridized carbons (Fsp3) is 0.150. The van der Waals surface area contributed by atoms with Crippen LogP contribution in [0.4, 0.5) is 5.88 Å². The molecule has 0 aliphatic heterocycles. The number of methoxy groups -OCH3 is 3. The van der Waals surface area contributed by atoms with E-state index in [1.165, 1.54) is 33.5 Å². The zero-order chi connectivity index (χ0) is 21.8. The van der Waals surface area contributed by atoms with E-state index in [9.17, 15) is 9.59 Å². The number of benzene rings is 2. The Morgan fingerprint density at radius 1 is 1.00 bits per heavy atom. The van der Waals surface area contributed by atoms with Crippen molar-refractivity contribution in [2.45, 2.75) is 0 Å². The average molecular weight is 451 g/mol. The summed E-state index contributed by atoms with van der Waals surface area (Å²) in [7, 11) is 4.11. The van der Waals surface area contributed by atoms with Crippen molar-refractivity contribution in [1.82, 2.24) is 5.16 Å². The summed E-state index contributed by atoms with van der Waals surface area (Å²) in [4.78, 5) is 25.2. The van der Waals surface area contributed by atoms with Gasteiger partial charge >= 0.3 is 5.97 Å². The molecular weight excluding hydrogens is 435 g/mol. The number of esters is 1. The van der Waals surface area contributed by atoms with Gasteiger partial charge in [-0.2, -0.15) is 0 Å². The Kier molecular flexibility index (Phi) is 6.49. The van der Waals surface area contributed by atoms with Crippen LogP contribution in [0.5, 0.6) is 11.5 Å². The number of carbonyl (C=O) groups is 2. The van der Waals surface area contributed by atoms with Gasteiger partial charge in [0.25, 0.3) is 5.91 Å². The van der Waals surface area contributed by atoms with Gasteiger partial charge in [0.1, 0.15) is 17.2 Å². The highest BCUT2D eigenvalue weighted by atomic mass is 35.5. The van der Waals surface area contributed by atoms with E-state index in [0.717, 1.165) is 0 Å². The van der Waals surface area contributed by atoms with Crippen molar-refractivity contribution in [1.29, 1.82) is 0 Å². The number of hydrogen-bond acceptors (Lipinski definition) is 7. The number of aromatic nitrogens is 1. The molecule has 0 saturated carbocycles. The molecule has 0 atom stereocenters. The summed E-state index contributed by atoms with van der Waals surface area (Å²) < 4.78 is 20.4. The highest BCUT2D eigenvalue weighted by molar-refractivity contribution is 6.39. The third-order valence-corrected chi connectivity index (χ3v) is 4.75. The molecule has 1 aromatic heterocycles. The lowest BCUT2D eigenvalue weighted by Gasteiger charge is -2.09. The topological polar surface area (TPSA) is 99.9 Å². The lowest BCUT2D eigenvalue weighted by Crippen LogP contribution is -2.15. The van der Waals surface area contributed by atoms with E-state index in [1.807, 2.05) is 0 Å². The molecular formula is C20H16Cl2N2O6. The van der Waals surface area contributed by atoms with E-state index < -0.39 is 11.9 Å². The van der Waals surface area contributed by atoms with Crippen molar-refractivity contribution in [3.63, 3.8) is 0 Å². The zero-order valence-corrected chi connectivity index (χ0v) is 17.6. The highest BCUT2D eigenvalue weighted by Gasteiger charge is 2.29. The predicted molar refractivity (Wildman–Crippen MR) is 111 cm³/mol. The van der Waals surface area contributed by atoms with Crippen LogP contribution in [0, 0.1) is 0 Å². The molecule has 1 amide bonds. The Balaban J connectivity index is 2.04. The number of amides is 1. The predicted octanol–water partition coefficient (Wildman–Crippen LogP) is 4.70. The van der Waals surface area contributed by atoms with E-state index in [1.54, 1.807) is 24.3 Å². The first-order valence-corrected chi connectivity index (χ1v) is 9.22. The van der Waals surface area contributed by atoms with Gasteiger partial charge in [-0.1, -0.05) is 34.4 Å². The van der Waals surface area contributed by atoms with E-state index in [2.05, 4.69) is 10.5 Å². The minimum absolute atomic E-state index is 0.0379. The molecule has 0 aliphatic carbocycles. The lowest BCUT2D eigenvalue weighted by molar-refractivity contribution is 0.0602. The number of anilines is 1. The number of hydrogen-bond donors (Lipinski definition) is 1. The summed E-state index contributed by atoms with van der Waals surface area (Å²) in [6.07, 6.45) is 0. The fourth-order valence-corrected chi connectivity index (χ4v) is 3.25. The molecule has 8 nitrogen and oxygen atoms in total. The third kappa shape index (κ3) is 4.19. The van der Waals surface area contributed by atoms with Gasteiger partial charge in [0, 0.05) is 17.2 Å². The van der Waals surface area contributed by atoms with Gasteiger partial charge in [-0.25, -0.2) is 4.79 Å². The van der Waals surface area contributed by atoms with Crippen molar-refractivity contribution >= 4 is 41.0 Å². The molecule has 0 fully saturated rings. The standard InChI is InChI=1S/C20H16Cl2N2O6/c1-27-11-7-10(8-12(9-11)28-2)18(25)23-19-16(20(26)29-3)17(24-30-19)15-13(21)5-4-6-14(15)22/h4-9H,1-3H3,(H,23,25). The Morgan fingerprint density at radius 2 is 1.60 bits per heavy atom. The molecule has 2 aromatic carbocycles. The van der Waals surface area contributed by atoms with Crippen molar-refractivity contribution in [2.24, 2.45) is 0 Å². The van der Waals surface area contributed by atoms with Crippen molar-refractivity contribution in [2.75, 3.05) is 26.6 Å². The Bertz CT molecular complexity index is 1070. The maximum absolute atomic E-state index is 12.8. The second kappa shape index (κ2) is 9.06. The van der Waals surface area contributed by atoms with Crippen LogP contribution in [-0.4, -0.2) is 38.4 Å². The van der Waals surface area contributed by atoms with E-state index in [-0.39, 0.29) is 38.3 Å². The SMILES string of the molecule is COC(=O)c1c(-c2c(Cl)cccc2Cl)noc1NC(=O)c1cc(OC)cc(OC)c1. The van der Waals surface area contributed by atoms with Gasteiger partial charge in [0.15, 0.2) is 5.56 Å². The number of ether oxygens (including phenoxy) is 3. The maximum atomic E-state index is 12.8. The molecule has 3 rings (SSSR count). The van der Waals surface area contributed by atoms with E-state index >= 15 is 0 Å². The van der Waals surface area contributed by atoms with Gasteiger partial charge in [0.05, 0.1) is 31.4 Å². The van der Waals surface area contributed by atoms with E-state index in [0.29, 0.717) is 11.5 Å². The van der Waals surface area contributed by atoms with Crippen molar-refractivity contribution < 1.29 is 28.3 Å². The molecule has 0 bridgehead atoms. The second-order valence-electron chi connectivity index (χ2n) is 5.88. The summed E-state index contributed by atoms with van der Waals surface area (Å²) in [6, 6.07) is 9.42. The molecule has 30 heavy (non-hydrogen) atoms. The summed E-state index contributed by atoms with van der Waals surface area (Å²) in [5, 5.41) is 6.88. The first-order chi connectivity index (χ1) is 14.4. The smallest absolute Gasteiger partial charge is 0.345 e. The molecule has 10 heteroatoms. The van der Waals surface area contributed by atoms with Gasteiger partial charge in [-0.15, -0.1) is 0 Å². The number of nitrogens with zero attached hydrogens (tertiary/aromatic N) is 1. The van der Waals surface area contributed by atoms with Crippen LogP contribution in [0.25, 0.3) is 11.3 Å². The Morgan fingerprint density at radius 3 is 2.13 bits per heavy atom. The van der Waals surface area contributed by atoms with Crippen LogP contribution in [0.2, 0.25) is 10.0 Å². The first-order valence-electron chi connectivity index (χ1n) is 8.46. The van der Waals surface area contributed by atoms with Crippen LogP contribution >= 0.6 is 23.2 Å². The molecule has 1 heterocycles. The normalized spacial score (nSPS) is 10.4. The van der Waals surface area contributed by atoms with Crippen LogP contribution in [-0.2, 0) is 4.74 Å². The largest absolute Gasteiger partial charge is 0.497 e. The highest BCUT2D eigenvalue weighted by Crippen LogP contribution is 2.38. The zero-order valence-electron chi connectivity index (χ0n) is 16.1. The molecule has 0 spiro atoms. The van der Waals surface area contributed by atoms with Gasteiger partial charge in [-0.05, 0) is 24.3 Å². The Hall–Kier alpha value is -3.23. The summed E-state index contributed by atoms with van der Waals surface area (Å²) in [5.41, 5.74) is 0.385. The molecule has 1 N–H and O–H groups in total. The third-order valence-electron chi connectivity index (χ3n) is 4.12. The van der Waals surface area contributed by atoms with Crippen LogP contribution in [0.3, 0.4) is 0 Å². The Labute approximate surface area is 181 Å². The molecule has 0 radical (unpaired) electrons. The number of halogens is 2. The van der Waals surface area contributed by atoms with Gasteiger partial charge < -0.3 is 18.7 Å². The average Bonchev–Trinajstić information content (AvgIpc) is 3.15. The fourth-order valence-electron chi connectivity index (χ4n) is 2.68. The lowest BCUT2D eigenvalue weighted by atomic mass is 10.1. The maximum Gasteiger partial charge on any atom is 0.345 e. The minimum atomic E-state index is -0.791. The van der Waals surface area contributed by atoms with Crippen LogP contribution < -0.4 is 14.8 Å². The monoisotopic (exact) mass is 450 g/mol. The molecule has 3 aromatic rings. The van der Waals surface area contributed by atoms with Crippen molar-refractivity contribution in [3.05, 3.63) is 57.6 Å². The molecule has 0 unspecified atom stereocenters. The summed E-state index contributed by atoms with van der Waals surface area (Å²) in [6.45, 7) is 0.